The van der Waals surface area contributed by atoms with Crippen LogP contribution in [0.4, 0.5) is 0 Å². The molecule has 1 aromatic carbocycles. The highest BCUT2D eigenvalue weighted by atomic mass is 16.5. The Morgan fingerprint density at radius 3 is 2.88 bits per heavy atom. The van der Waals surface area contributed by atoms with Crippen LogP contribution in [0, 0.1) is 0 Å². The van der Waals surface area contributed by atoms with Gasteiger partial charge in [0.05, 0.1) is 11.0 Å². The molecule has 0 atom stereocenters. The molecular weight excluding hydrogens is 320 g/mol. The van der Waals surface area contributed by atoms with Crippen LogP contribution < -0.4 is 5.43 Å². The number of aromatic nitrogens is 5. The fourth-order valence-corrected chi connectivity index (χ4v) is 2.43. The summed E-state index contributed by atoms with van der Waals surface area (Å²) in [6, 6.07) is 11.2. The van der Waals surface area contributed by atoms with Crippen molar-refractivity contribution in [3.05, 3.63) is 61.0 Å². The highest BCUT2D eigenvalue weighted by Gasteiger charge is 2.11. The summed E-state index contributed by atoms with van der Waals surface area (Å²) in [5.41, 5.74) is 5.27. The molecule has 3 aromatic heterocycles. The number of carbonyl (C=O) groups excluding carboxylic acids is 1. The lowest BCUT2D eigenvalue weighted by atomic mass is 10.2. The van der Waals surface area contributed by atoms with Crippen molar-refractivity contribution in [1.82, 2.24) is 24.8 Å². The van der Waals surface area contributed by atoms with Crippen LogP contribution in [0.5, 0.6) is 0 Å². The molecular formula is C17H14N6O2. The van der Waals surface area contributed by atoms with Gasteiger partial charge < -0.3 is 4.52 Å². The Morgan fingerprint density at radius 2 is 2.00 bits per heavy atom. The van der Waals surface area contributed by atoms with E-state index in [-0.39, 0.29) is 12.3 Å². The quantitative estimate of drug-likeness (QED) is 0.600. The molecule has 4 rings (SSSR count). The van der Waals surface area contributed by atoms with E-state index < -0.39 is 0 Å². The van der Waals surface area contributed by atoms with E-state index in [1.165, 1.54) is 0 Å². The smallest absolute Gasteiger partial charge is 0.239 e. The molecule has 4 aromatic rings. The van der Waals surface area contributed by atoms with Gasteiger partial charge in [-0.2, -0.15) is 4.98 Å². The van der Waals surface area contributed by atoms with E-state index in [4.69, 9.17) is 4.52 Å². The monoisotopic (exact) mass is 334 g/mol. The summed E-state index contributed by atoms with van der Waals surface area (Å²) in [4.78, 5) is 24.6. The van der Waals surface area contributed by atoms with Crippen molar-refractivity contribution in [2.45, 2.75) is 12.8 Å². The first-order chi connectivity index (χ1) is 12.3. The van der Waals surface area contributed by atoms with Crippen LogP contribution in [0.1, 0.15) is 12.3 Å². The normalized spacial score (nSPS) is 10.9. The Bertz CT molecular complexity index is 1010. The van der Waals surface area contributed by atoms with Crippen molar-refractivity contribution in [3.63, 3.8) is 0 Å². The Hall–Kier alpha value is -3.55. The third kappa shape index (κ3) is 3.23. The SMILES string of the molecule is O=C(CCc1nc(-c2ccncc2)no1)Nn1cnc2ccccc21. The number of aryl methyl sites for hydroxylation is 1. The molecule has 1 amide bonds. The summed E-state index contributed by atoms with van der Waals surface area (Å²) in [5.74, 6) is 0.739. The van der Waals surface area contributed by atoms with Crippen molar-refractivity contribution in [1.29, 1.82) is 0 Å². The van der Waals surface area contributed by atoms with Crippen LogP contribution in [0.15, 0.2) is 59.6 Å². The lowest BCUT2D eigenvalue weighted by Gasteiger charge is -2.05. The average molecular weight is 334 g/mol. The number of hydrogen-bond donors (Lipinski definition) is 1. The summed E-state index contributed by atoms with van der Waals surface area (Å²) in [6.07, 6.45) is 5.49. The molecule has 25 heavy (non-hydrogen) atoms. The molecule has 0 fully saturated rings. The fourth-order valence-electron chi connectivity index (χ4n) is 2.43. The molecule has 124 valence electrons. The lowest BCUT2D eigenvalue weighted by molar-refractivity contribution is -0.117. The van der Waals surface area contributed by atoms with E-state index in [2.05, 4.69) is 25.5 Å². The molecule has 0 spiro atoms. The maximum Gasteiger partial charge on any atom is 0.239 e. The van der Waals surface area contributed by atoms with Gasteiger partial charge in [-0.3, -0.25) is 15.2 Å². The molecule has 0 aliphatic heterocycles. The van der Waals surface area contributed by atoms with E-state index in [0.717, 1.165) is 16.6 Å². The highest BCUT2D eigenvalue weighted by molar-refractivity contribution is 5.86. The number of rotatable bonds is 5. The van der Waals surface area contributed by atoms with Crippen LogP contribution in [0.2, 0.25) is 0 Å². The second kappa shape index (κ2) is 6.52. The first-order valence-electron chi connectivity index (χ1n) is 7.74. The first kappa shape index (κ1) is 15.0. The first-order valence-corrected chi connectivity index (χ1v) is 7.74. The van der Waals surface area contributed by atoms with Gasteiger partial charge in [0.2, 0.25) is 17.6 Å². The molecule has 0 radical (unpaired) electrons. The number of pyridine rings is 1. The van der Waals surface area contributed by atoms with Gasteiger partial charge in [-0.05, 0) is 24.3 Å². The molecule has 8 heteroatoms. The van der Waals surface area contributed by atoms with Crippen LogP contribution in [-0.2, 0) is 11.2 Å². The third-order valence-electron chi connectivity index (χ3n) is 3.67. The molecule has 0 aliphatic rings. The third-order valence-corrected chi connectivity index (χ3v) is 3.67. The largest absolute Gasteiger partial charge is 0.339 e. The van der Waals surface area contributed by atoms with Gasteiger partial charge in [-0.15, -0.1) is 0 Å². The minimum atomic E-state index is -0.160. The van der Waals surface area contributed by atoms with Gasteiger partial charge in [0.25, 0.3) is 0 Å². The molecule has 0 unspecified atom stereocenters. The van der Waals surface area contributed by atoms with Crippen molar-refractivity contribution in [2.75, 3.05) is 5.43 Å². The number of hydrogen-bond acceptors (Lipinski definition) is 6. The Balaban J connectivity index is 1.38. The number of nitrogens with zero attached hydrogens (tertiary/aromatic N) is 5. The topological polar surface area (TPSA) is 98.7 Å². The number of amides is 1. The van der Waals surface area contributed by atoms with Gasteiger partial charge in [0.1, 0.15) is 6.33 Å². The lowest BCUT2D eigenvalue weighted by Crippen LogP contribution is -2.22. The predicted molar refractivity (Wildman–Crippen MR) is 90.0 cm³/mol. The Kier molecular flexibility index (Phi) is 3.91. The van der Waals surface area contributed by atoms with Crippen molar-refractivity contribution >= 4 is 16.9 Å². The van der Waals surface area contributed by atoms with E-state index in [9.17, 15) is 4.79 Å². The summed E-state index contributed by atoms with van der Waals surface area (Å²) in [6.45, 7) is 0. The van der Waals surface area contributed by atoms with E-state index in [1.54, 1.807) is 35.5 Å². The molecule has 0 saturated carbocycles. The second-order valence-electron chi connectivity index (χ2n) is 5.39. The number of fused-ring (bicyclic) bond motifs is 1. The van der Waals surface area contributed by atoms with Crippen LogP contribution in [0.25, 0.3) is 22.4 Å². The Labute approximate surface area is 142 Å². The molecule has 0 aliphatic carbocycles. The maximum absolute atomic E-state index is 12.1. The zero-order chi connectivity index (χ0) is 17.1. The predicted octanol–water partition coefficient (Wildman–Crippen LogP) is 2.18. The number of nitrogens with one attached hydrogen (secondary N) is 1. The van der Waals surface area contributed by atoms with Crippen LogP contribution in [-0.4, -0.2) is 30.7 Å². The summed E-state index contributed by atoms with van der Waals surface area (Å²) in [5, 5.41) is 3.92. The van der Waals surface area contributed by atoms with Gasteiger partial charge >= 0.3 is 0 Å². The molecule has 1 N–H and O–H groups in total. The minimum absolute atomic E-state index is 0.160. The minimum Gasteiger partial charge on any atom is -0.339 e. The Morgan fingerprint density at radius 1 is 1.16 bits per heavy atom. The summed E-state index contributed by atoms with van der Waals surface area (Å²) < 4.78 is 6.80. The van der Waals surface area contributed by atoms with Crippen LogP contribution in [0.3, 0.4) is 0 Å². The van der Waals surface area contributed by atoms with Crippen molar-refractivity contribution in [2.24, 2.45) is 0 Å². The van der Waals surface area contributed by atoms with E-state index in [1.807, 2.05) is 24.3 Å². The summed E-state index contributed by atoms with van der Waals surface area (Å²) in [7, 11) is 0. The molecule has 3 heterocycles. The van der Waals surface area contributed by atoms with Crippen LogP contribution >= 0.6 is 0 Å². The number of para-hydroxylation sites is 2. The standard InChI is InChI=1S/C17H14N6O2/c24-15(21-23-11-19-13-3-1-2-4-14(13)23)5-6-16-20-17(22-25-16)12-7-9-18-10-8-12/h1-4,7-11H,5-6H2,(H,21,24). The molecule has 8 nitrogen and oxygen atoms in total. The van der Waals surface area contributed by atoms with Gasteiger partial charge in [0, 0.05) is 30.8 Å². The average Bonchev–Trinajstić information content (AvgIpc) is 3.28. The number of imidazole rings is 1. The maximum atomic E-state index is 12.1. The van der Waals surface area contributed by atoms with E-state index in [0.29, 0.717) is 18.1 Å². The molecule has 0 saturated heterocycles. The number of benzene rings is 1. The molecule has 0 bridgehead atoms. The van der Waals surface area contributed by atoms with Gasteiger partial charge in [-0.1, -0.05) is 17.3 Å². The zero-order valence-electron chi connectivity index (χ0n) is 13.2. The van der Waals surface area contributed by atoms with Gasteiger partial charge in [-0.25, -0.2) is 9.66 Å². The van der Waals surface area contributed by atoms with E-state index >= 15 is 0 Å². The van der Waals surface area contributed by atoms with Gasteiger partial charge in [0.15, 0.2) is 0 Å². The second-order valence-corrected chi connectivity index (χ2v) is 5.39. The fraction of sp³-hybridized carbons (Fsp3) is 0.118. The highest BCUT2D eigenvalue weighted by Crippen LogP contribution is 2.15. The zero-order valence-corrected chi connectivity index (χ0v) is 13.2. The van der Waals surface area contributed by atoms with Crippen molar-refractivity contribution in [3.8, 4) is 11.4 Å². The summed E-state index contributed by atoms with van der Waals surface area (Å²) >= 11 is 0. The van der Waals surface area contributed by atoms with Crippen molar-refractivity contribution < 1.29 is 9.32 Å². The number of carbonyl (C=O) groups is 1.